The number of ether oxygens (including phenoxy) is 2. The molecule has 190 valence electrons. The third kappa shape index (κ3) is 5.62. The van der Waals surface area contributed by atoms with E-state index in [1.807, 2.05) is 30.3 Å². The standard InChI is InChI=1S/C30H31N3O3S/c1-19-8-9-25(21(3)14-19)32-30(37)33(11-10-22-7-5-4-6-20(22)2)18-24-15-23-16-27-28(36-13-12-35-27)17-26(23)31-29(24)34/h4-9,14-17H,10-13,18H2,1-3H3,(H,31,34)(H,32,37). The maximum atomic E-state index is 13.1. The lowest BCUT2D eigenvalue weighted by Crippen LogP contribution is -2.37. The molecule has 1 aromatic heterocycles. The quantitative estimate of drug-likeness (QED) is 0.324. The van der Waals surface area contributed by atoms with E-state index in [0.29, 0.717) is 48.5 Å². The Morgan fingerprint density at radius 2 is 1.70 bits per heavy atom. The first kappa shape index (κ1) is 24.8. The summed E-state index contributed by atoms with van der Waals surface area (Å²) in [5.41, 5.74) is 7.01. The highest BCUT2D eigenvalue weighted by molar-refractivity contribution is 7.80. The molecule has 7 heteroatoms. The van der Waals surface area contributed by atoms with Crippen LogP contribution in [0.1, 0.15) is 27.8 Å². The molecule has 0 unspecified atom stereocenters. The molecule has 2 N–H and O–H groups in total. The second kappa shape index (κ2) is 10.6. The molecule has 2 heterocycles. The molecule has 0 amide bonds. The van der Waals surface area contributed by atoms with Gasteiger partial charge in [0.2, 0.25) is 0 Å². The first-order valence-electron chi connectivity index (χ1n) is 12.5. The van der Waals surface area contributed by atoms with Crippen molar-refractivity contribution in [3.8, 4) is 11.5 Å². The molecule has 1 aliphatic rings. The van der Waals surface area contributed by atoms with E-state index in [2.05, 4.69) is 66.3 Å². The normalized spacial score (nSPS) is 12.4. The second-order valence-electron chi connectivity index (χ2n) is 9.55. The van der Waals surface area contributed by atoms with E-state index in [9.17, 15) is 4.79 Å². The number of thiocarbonyl (C=S) groups is 1. The average Bonchev–Trinajstić information content (AvgIpc) is 2.88. The number of nitrogens with one attached hydrogen (secondary N) is 2. The highest BCUT2D eigenvalue weighted by Gasteiger charge is 2.17. The third-order valence-electron chi connectivity index (χ3n) is 6.77. The van der Waals surface area contributed by atoms with Gasteiger partial charge in [0.05, 0.1) is 12.1 Å². The fourth-order valence-electron chi connectivity index (χ4n) is 4.66. The number of hydrogen-bond donors (Lipinski definition) is 2. The van der Waals surface area contributed by atoms with E-state index in [1.165, 1.54) is 16.7 Å². The summed E-state index contributed by atoms with van der Waals surface area (Å²) in [5.74, 6) is 1.35. The van der Waals surface area contributed by atoms with Crippen LogP contribution in [0.2, 0.25) is 0 Å². The molecule has 0 bridgehead atoms. The lowest BCUT2D eigenvalue weighted by Gasteiger charge is -2.27. The summed E-state index contributed by atoms with van der Waals surface area (Å²) >= 11 is 5.88. The molecule has 0 saturated carbocycles. The predicted molar refractivity (Wildman–Crippen MR) is 153 cm³/mol. The number of anilines is 1. The minimum absolute atomic E-state index is 0.139. The molecule has 0 saturated heterocycles. The second-order valence-corrected chi connectivity index (χ2v) is 9.94. The average molecular weight is 514 g/mol. The number of aryl methyl sites for hydroxylation is 3. The summed E-state index contributed by atoms with van der Waals surface area (Å²) in [4.78, 5) is 18.2. The molecular weight excluding hydrogens is 482 g/mol. The fraction of sp³-hybridized carbons (Fsp3) is 0.267. The summed E-state index contributed by atoms with van der Waals surface area (Å²) in [6.07, 6.45) is 0.811. The molecule has 5 rings (SSSR count). The number of fused-ring (bicyclic) bond motifs is 2. The topological polar surface area (TPSA) is 66.6 Å². The molecule has 4 aromatic rings. The van der Waals surface area contributed by atoms with Crippen LogP contribution in [0, 0.1) is 20.8 Å². The zero-order valence-electron chi connectivity index (χ0n) is 21.4. The van der Waals surface area contributed by atoms with Crippen molar-refractivity contribution in [1.29, 1.82) is 0 Å². The number of pyridine rings is 1. The van der Waals surface area contributed by atoms with Gasteiger partial charge in [0.25, 0.3) is 5.56 Å². The maximum Gasteiger partial charge on any atom is 0.253 e. The molecule has 6 nitrogen and oxygen atoms in total. The minimum atomic E-state index is -0.139. The number of hydrogen-bond acceptors (Lipinski definition) is 4. The van der Waals surface area contributed by atoms with E-state index >= 15 is 0 Å². The van der Waals surface area contributed by atoms with Gasteiger partial charge in [0, 0.05) is 29.2 Å². The summed E-state index contributed by atoms with van der Waals surface area (Å²) in [6.45, 7) is 8.32. The van der Waals surface area contributed by atoms with Crippen molar-refractivity contribution in [2.24, 2.45) is 0 Å². The molecule has 0 fully saturated rings. The van der Waals surface area contributed by atoms with Crippen LogP contribution in [0.4, 0.5) is 5.69 Å². The SMILES string of the molecule is Cc1ccc(NC(=S)N(CCc2ccccc2C)Cc2cc3cc4c(cc3[nH]c2=O)OCCO4)c(C)c1. The summed E-state index contributed by atoms with van der Waals surface area (Å²) in [7, 11) is 0. The van der Waals surface area contributed by atoms with Crippen LogP contribution in [-0.4, -0.2) is 34.8 Å². The molecule has 0 atom stereocenters. The maximum absolute atomic E-state index is 13.1. The zero-order valence-corrected chi connectivity index (χ0v) is 22.2. The van der Waals surface area contributed by atoms with E-state index in [-0.39, 0.29) is 5.56 Å². The Bertz CT molecular complexity index is 1530. The van der Waals surface area contributed by atoms with Gasteiger partial charge in [-0.25, -0.2) is 0 Å². The van der Waals surface area contributed by atoms with Gasteiger partial charge in [0.15, 0.2) is 16.6 Å². The lowest BCUT2D eigenvalue weighted by atomic mass is 10.1. The summed E-state index contributed by atoms with van der Waals surface area (Å²) < 4.78 is 11.4. The van der Waals surface area contributed by atoms with E-state index < -0.39 is 0 Å². The highest BCUT2D eigenvalue weighted by Crippen LogP contribution is 2.33. The van der Waals surface area contributed by atoms with Crippen molar-refractivity contribution < 1.29 is 9.47 Å². The minimum Gasteiger partial charge on any atom is -0.486 e. The van der Waals surface area contributed by atoms with E-state index in [1.54, 1.807) is 0 Å². The van der Waals surface area contributed by atoms with Crippen LogP contribution in [0.5, 0.6) is 11.5 Å². The van der Waals surface area contributed by atoms with Crippen LogP contribution in [0.15, 0.2) is 65.5 Å². The zero-order chi connectivity index (χ0) is 25.9. The Balaban J connectivity index is 1.44. The van der Waals surface area contributed by atoms with Crippen molar-refractivity contribution in [1.82, 2.24) is 9.88 Å². The smallest absolute Gasteiger partial charge is 0.253 e. The van der Waals surface area contributed by atoms with Crippen molar-refractivity contribution >= 4 is 33.9 Å². The largest absolute Gasteiger partial charge is 0.486 e. The van der Waals surface area contributed by atoms with Crippen LogP contribution < -0.4 is 20.3 Å². The monoisotopic (exact) mass is 513 g/mol. The molecule has 0 spiro atoms. The van der Waals surface area contributed by atoms with Gasteiger partial charge in [-0.15, -0.1) is 0 Å². The van der Waals surface area contributed by atoms with Crippen LogP contribution in [0.3, 0.4) is 0 Å². The van der Waals surface area contributed by atoms with Crippen molar-refractivity contribution in [2.75, 3.05) is 25.1 Å². The number of rotatable bonds is 6. The lowest BCUT2D eigenvalue weighted by molar-refractivity contribution is 0.172. The Labute approximate surface area is 222 Å². The van der Waals surface area contributed by atoms with Gasteiger partial charge in [-0.3, -0.25) is 4.79 Å². The number of nitrogens with zero attached hydrogens (tertiary/aromatic N) is 1. The van der Waals surface area contributed by atoms with Gasteiger partial charge in [0.1, 0.15) is 13.2 Å². The Morgan fingerprint density at radius 3 is 2.46 bits per heavy atom. The Kier molecular flexibility index (Phi) is 7.15. The Morgan fingerprint density at radius 1 is 0.946 bits per heavy atom. The van der Waals surface area contributed by atoms with Gasteiger partial charge < -0.3 is 24.7 Å². The molecule has 3 aromatic carbocycles. The predicted octanol–water partition coefficient (Wildman–Crippen LogP) is 5.67. The van der Waals surface area contributed by atoms with E-state index in [0.717, 1.165) is 28.6 Å². The third-order valence-corrected chi connectivity index (χ3v) is 7.13. The van der Waals surface area contributed by atoms with Crippen LogP contribution in [0.25, 0.3) is 10.9 Å². The van der Waals surface area contributed by atoms with Crippen molar-refractivity contribution in [3.63, 3.8) is 0 Å². The molecular formula is C30H31N3O3S. The van der Waals surface area contributed by atoms with Gasteiger partial charge >= 0.3 is 0 Å². The van der Waals surface area contributed by atoms with Crippen LogP contribution in [-0.2, 0) is 13.0 Å². The number of benzene rings is 3. The molecule has 0 radical (unpaired) electrons. The molecule has 0 aliphatic carbocycles. The van der Waals surface area contributed by atoms with Gasteiger partial charge in [-0.1, -0.05) is 42.0 Å². The fourth-order valence-corrected chi connectivity index (χ4v) is 4.92. The highest BCUT2D eigenvalue weighted by atomic mass is 32.1. The Hall–Kier alpha value is -3.84. The first-order chi connectivity index (χ1) is 17.9. The number of aromatic nitrogens is 1. The summed E-state index contributed by atoms with van der Waals surface area (Å²) in [5, 5.41) is 4.89. The number of aromatic amines is 1. The first-order valence-corrected chi connectivity index (χ1v) is 12.9. The molecule has 1 aliphatic heterocycles. The van der Waals surface area contributed by atoms with Crippen LogP contribution >= 0.6 is 12.2 Å². The van der Waals surface area contributed by atoms with E-state index in [4.69, 9.17) is 21.7 Å². The molecule has 37 heavy (non-hydrogen) atoms. The van der Waals surface area contributed by atoms with Crippen molar-refractivity contribution in [3.05, 3.63) is 98.8 Å². The van der Waals surface area contributed by atoms with Crippen molar-refractivity contribution in [2.45, 2.75) is 33.7 Å². The van der Waals surface area contributed by atoms with Gasteiger partial charge in [-0.2, -0.15) is 0 Å². The van der Waals surface area contributed by atoms with Gasteiger partial charge in [-0.05, 0) is 74.3 Å². The number of H-pyrrole nitrogens is 1. The summed E-state index contributed by atoms with van der Waals surface area (Å²) in [6, 6.07) is 20.3.